The number of anilines is 1. The van der Waals surface area contributed by atoms with E-state index in [9.17, 15) is 0 Å². The lowest BCUT2D eigenvalue weighted by Crippen LogP contribution is -1.97. The molecule has 0 bridgehead atoms. The molecule has 1 heterocycles. The van der Waals surface area contributed by atoms with Gasteiger partial charge in [0, 0.05) is 30.4 Å². The Bertz CT molecular complexity index is 448. The Balaban J connectivity index is 2.25. The molecule has 0 radical (unpaired) electrons. The summed E-state index contributed by atoms with van der Waals surface area (Å²) in [7, 11) is 0. The summed E-state index contributed by atoms with van der Waals surface area (Å²) in [5.74, 6) is 0. The number of hydrogen-bond acceptors (Lipinski definition) is 2. The van der Waals surface area contributed by atoms with Crippen LogP contribution in [0.15, 0.2) is 30.5 Å². The first-order valence-corrected chi connectivity index (χ1v) is 5.27. The fourth-order valence-corrected chi connectivity index (χ4v) is 1.84. The first kappa shape index (κ1) is 10.1. The molecule has 0 fully saturated rings. The third kappa shape index (κ3) is 1.97. The fraction of sp³-hybridized carbons (Fsp3) is 0.333. The highest BCUT2D eigenvalue weighted by atomic mass is 16.2. The smallest absolute Gasteiger partial charge is 0.0501 e. The van der Waals surface area contributed by atoms with Crippen LogP contribution in [-0.4, -0.2) is 16.3 Å². The van der Waals surface area contributed by atoms with Crippen molar-refractivity contribution in [1.82, 2.24) is 4.57 Å². The number of hydrogen-bond donors (Lipinski definition) is 2. The minimum atomic E-state index is 0.265. The van der Waals surface area contributed by atoms with Gasteiger partial charge in [0.05, 0.1) is 5.52 Å². The van der Waals surface area contributed by atoms with E-state index in [1.165, 1.54) is 5.52 Å². The first-order chi connectivity index (χ1) is 7.33. The van der Waals surface area contributed by atoms with Crippen molar-refractivity contribution in [2.24, 2.45) is 0 Å². The normalized spacial score (nSPS) is 11.0. The van der Waals surface area contributed by atoms with Crippen molar-refractivity contribution in [3.63, 3.8) is 0 Å². The predicted molar refractivity (Wildman–Crippen MR) is 62.7 cm³/mol. The van der Waals surface area contributed by atoms with Gasteiger partial charge in [0.15, 0.2) is 0 Å². The number of nitrogens with zero attached hydrogens (tertiary/aromatic N) is 1. The van der Waals surface area contributed by atoms with E-state index in [0.29, 0.717) is 0 Å². The van der Waals surface area contributed by atoms with Gasteiger partial charge in [-0.1, -0.05) is 6.07 Å². The summed E-state index contributed by atoms with van der Waals surface area (Å²) < 4.78 is 2.18. The SMILES string of the molecule is Nc1cccc2c1ccn2CCCCO. The van der Waals surface area contributed by atoms with Crippen molar-refractivity contribution in [2.75, 3.05) is 12.3 Å². The number of aryl methyl sites for hydroxylation is 1. The van der Waals surface area contributed by atoms with Crippen LogP contribution in [0.4, 0.5) is 5.69 Å². The second kappa shape index (κ2) is 4.36. The molecule has 0 spiro atoms. The van der Waals surface area contributed by atoms with Crippen molar-refractivity contribution in [2.45, 2.75) is 19.4 Å². The molecule has 2 rings (SSSR count). The Labute approximate surface area is 89.1 Å². The zero-order valence-electron chi connectivity index (χ0n) is 8.69. The molecule has 3 heteroatoms. The predicted octanol–water partition coefficient (Wildman–Crippen LogP) is 2.00. The Hall–Kier alpha value is -1.48. The molecule has 2 aromatic rings. The van der Waals surface area contributed by atoms with Gasteiger partial charge in [0.25, 0.3) is 0 Å². The van der Waals surface area contributed by atoms with E-state index < -0.39 is 0 Å². The van der Waals surface area contributed by atoms with Crippen molar-refractivity contribution >= 4 is 16.6 Å². The first-order valence-electron chi connectivity index (χ1n) is 5.27. The Morgan fingerprint density at radius 3 is 2.87 bits per heavy atom. The second-order valence-electron chi connectivity index (χ2n) is 3.72. The summed E-state index contributed by atoms with van der Waals surface area (Å²) in [5, 5.41) is 9.84. The molecule has 3 nitrogen and oxygen atoms in total. The van der Waals surface area contributed by atoms with Crippen LogP contribution in [0.25, 0.3) is 10.9 Å². The van der Waals surface area contributed by atoms with Crippen LogP contribution in [0.2, 0.25) is 0 Å². The van der Waals surface area contributed by atoms with E-state index in [1.54, 1.807) is 0 Å². The van der Waals surface area contributed by atoms with Gasteiger partial charge >= 0.3 is 0 Å². The number of unbranched alkanes of at least 4 members (excludes halogenated alkanes) is 1. The van der Waals surface area contributed by atoms with Crippen LogP contribution in [0.5, 0.6) is 0 Å². The summed E-state index contributed by atoms with van der Waals surface area (Å²) in [6.45, 7) is 1.20. The lowest BCUT2D eigenvalue weighted by molar-refractivity contribution is 0.281. The minimum Gasteiger partial charge on any atom is -0.398 e. The molecular formula is C12H16N2O. The number of benzene rings is 1. The molecule has 3 N–H and O–H groups in total. The summed E-state index contributed by atoms with van der Waals surface area (Å²) >= 11 is 0. The van der Waals surface area contributed by atoms with Gasteiger partial charge in [-0.2, -0.15) is 0 Å². The van der Waals surface area contributed by atoms with E-state index in [1.807, 2.05) is 18.2 Å². The van der Waals surface area contributed by atoms with Gasteiger partial charge in [0.2, 0.25) is 0 Å². The lowest BCUT2D eigenvalue weighted by atomic mass is 10.2. The highest BCUT2D eigenvalue weighted by Gasteiger charge is 2.02. The van der Waals surface area contributed by atoms with Gasteiger partial charge in [-0.15, -0.1) is 0 Å². The number of aliphatic hydroxyl groups excluding tert-OH is 1. The van der Waals surface area contributed by atoms with E-state index in [0.717, 1.165) is 30.5 Å². The molecule has 0 aliphatic carbocycles. The van der Waals surface area contributed by atoms with E-state index in [2.05, 4.69) is 16.8 Å². The molecule has 0 aliphatic heterocycles. The molecule has 15 heavy (non-hydrogen) atoms. The van der Waals surface area contributed by atoms with Gasteiger partial charge in [-0.05, 0) is 31.0 Å². The number of nitrogens with two attached hydrogens (primary N) is 1. The summed E-state index contributed by atoms with van der Waals surface area (Å²) in [5.41, 5.74) is 7.87. The Morgan fingerprint density at radius 1 is 1.20 bits per heavy atom. The average Bonchev–Trinajstić information content (AvgIpc) is 2.64. The van der Waals surface area contributed by atoms with Crippen LogP contribution in [0.3, 0.4) is 0 Å². The van der Waals surface area contributed by atoms with Crippen LogP contribution in [-0.2, 0) is 6.54 Å². The number of aliphatic hydroxyl groups is 1. The highest BCUT2D eigenvalue weighted by molar-refractivity contribution is 5.91. The van der Waals surface area contributed by atoms with Crippen molar-refractivity contribution in [3.8, 4) is 0 Å². The van der Waals surface area contributed by atoms with Crippen LogP contribution in [0.1, 0.15) is 12.8 Å². The highest BCUT2D eigenvalue weighted by Crippen LogP contribution is 2.22. The Kier molecular flexibility index (Phi) is 2.92. The standard InChI is InChI=1S/C12H16N2O/c13-11-4-3-5-12-10(11)6-8-14(12)7-1-2-9-15/h3-6,8,15H,1-2,7,9,13H2. The lowest BCUT2D eigenvalue weighted by Gasteiger charge is -2.04. The van der Waals surface area contributed by atoms with E-state index in [4.69, 9.17) is 10.8 Å². The molecule has 80 valence electrons. The van der Waals surface area contributed by atoms with Gasteiger partial charge < -0.3 is 15.4 Å². The van der Waals surface area contributed by atoms with Gasteiger partial charge in [-0.25, -0.2) is 0 Å². The van der Waals surface area contributed by atoms with E-state index in [-0.39, 0.29) is 6.61 Å². The molecule has 0 saturated heterocycles. The number of rotatable bonds is 4. The topological polar surface area (TPSA) is 51.2 Å². The molecular weight excluding hydrogens is 188 g/mol. The van der Waals surface area contributed by atoms with Crippen LogP contribution in [0, 0.1) is 0 Å². The van der Waals surface area contributed by atoms with Crippen LogP contribution >= 0.6 is 0 Å². The second-order valence-corrected chi connectivity index (χ2v) is 3.72. The summed E-state index contributed by atoms with van der Waals surface area (Å²) in [6.07, 6.45) is 3.90. The molecule has 0 unspecified atom stereocenters. The monoisotopic (exact) mass is 204 g/mol. The third-order valence-electron chi connectivity index (χ3n) is 2.65. The maximum Gasteiger partial charge on any atom is 0.0501 e. The average molecular weight is 204 g/mol. The van der Waals surface area contributed by atoms with Crippen molar-refractivity contribution < 1.29 is 5.11 Å². The number of aromatic nitrogens is 1. The van der Waals surface area contributed by atoms with Crippen molar-refractivity contribution in [1.29, 1.82) is 0 Å². The van der Waals surface area contributed by atoms with Gasteiger partial charge in [-0.3, -0.25) is 0 Å². The number of fused-ring (bicyclic) bond motifs is 1. The quantitative estimate of drug-likeness (QED) is 0.591. The zero-order valence-corrected chi connectivity index (χ0v) is 8.69. The molecule has 0 amide bonds. The van der Waals surface area contributed by atoms with Gasteiger partial charge in [0.1, 0.15) is 0 Å². The zero-order chi connectivity index (χ0) is 10.7. The Morgan fingerprint density at radius 2 is 2.07 bits per heavy atom. The molecule has 1 aromatic heterocycles. The fourth-order valence-electron chi connectivity index (χ4n) is 1.84. The third-order valence-corrected chi connectivity index (χ3v) is 2.65. The molecule has 0 saturated carbocycles. The maximum absolute atomic E-state index is 8.72. The van der Waals surface area contributed by atoms with Crippen LogP contribution < -0.4 is 5.73 Å². The maximum atomic E-state index is 8.72. The molecule has 0 aliphatic rings. The summed E-state index contributed by atoms with van der Waals surface area (Å²) in [6, 6.07) is 8.01. The van der Waals surface area contributed by atoms with Crippen molar-refractivity contribution in [3.05, 3.63) is 30.5 Å². The molecule has 1 aromatic carbocycles. The largest absolute Gasteiger partial charge is 0.398 e. The van der Waals surface area contributed by atoms with E-state index >= 15 is 0 Å². The number of nitrogen functional groups attached to an aromatic ring is 1. The minimum absolute atomic E-state index is 0.265. The summed E-state index contributed by atoms with van der Waals surface area (Å²) in [4.78, 5) is 0. The molecule has 0 atom stereocenters.